The minimum atomic E-state index is -1.72. The number of hydrogen-bond acceptors (Lipinski definition) is 3. The maximum absolute atomic E-state index is 11.7. The van der Waals surface area contributed by atoms with Crippen molar-refractivity contribution in [3.63, 3.8) is 0 Å². The van der Waals surface area contributed by atoms with Crippen LogP contribution < -0.4 is 0 Å². The highest BCUT2D eigenvalue weighted by molar-refractivity contribution is 7.99. The van der Waals surface area contributed by atoms with Gasteiger partial charge in [0.2, 0.25) is 0 Å². The number of aryl methyl sites for hydroxylation is 1. The molecule has 0 saturated carbocycles. The molecule has 1 heterocycles. The second-order valence-electron chi connectivity index (χ2n) is 2.92. The number of hydrogen-bond donors (Lipinski definition) is 1. The molecule has 88 valence electrons. The van der Waals surface area contributed by atoms with Gasteiger partial charge in [0.05, 0.1) is 6.20 Å². The lowest BCUT2D eigenvalue weighted by Crippen LogP contribution is -1.99. The van der Waals surface area contributed by atoms with E-state index in [4.69, 9.17) is 5.11 Å². The minimum absolute atomic E-state index is 0.0946. The van der Waals surface area contributed by atoms with E-state index < -0.39 is 12.0 Å². The number of carboxylic acids is 1. The largest absolute Gasteiger partial charge is 0.478 e. The van der Waals surface area contributed by atoms with Crippen molar-refractivity contribution in [3.8, 4) is 0 Å². The van der Waals surface area contributed by atoms with Crippen molar-refractivity contribution in [2.75, 3.05) is 5.75 Å². The molecule has 0 unspecified atom stereocenters. The quantitative estimate of drug-likeness (QED) is 0.642. The fraction of sp³-hybridized carbons (Fsp3) is 0.333. The van der Waals surface area contributed by atoms with Crippen LogP contribution in [0.25, 0.3) is 0 Å². The predicted octanol–water partition coefficient (Wildman–Crippen LogP) is 2.38. The number of nitrogens with zero attached hydrogens (tertiary/aromatic N) is 2. The first-order chi connectivity index (χ1) is 7.52. The Morgan fingerprint density at radius 3 is 2.94 bits per heavy atom. The van der Waals surface area contributed by atoms with Crippen LogP contribution in [-0.4, -0.2) is 26.6 Å². The van der Waals surface area contributed by atoms with Gasteiger partial charge in [0.1, 0.15) is 10.6 Å². The fourth-order valence-corrected chi connectivity index (χ4v) is 2.03. The first-order valence-electron chi connectivity index (χ1n) is 4.41. The molecule has 0 bridgehead atoms. The zero-order valence-corrected chi connectivity index (χ0v) is 9.30. The molecular formula is C9H10F2N2O2S. The van der Waals surface area contributed by atoms with Gasteiger partial charge in [-0.3, -0.25) is 4.68 Å². The van der Waals surface area contributed by atoms with Crippen LogP contribution in [0.4, 0.5) is 8.78 Å². The SMILES string of the molecule is Cn1ncc(C(=O)O)c1SCCC=C(F)F. The van der Waals surface area contributed by atoms with Gasteiger partial charge in [0.25, 0.3) is 6.08 Å². The van der Waals surface area contributed by atoms with Crippen LogP contribution in [0.5, 0.6) is 0 Å². The molecule has 0 atom stereocenters. The van der Waals surface area contributed by atoms with Gasteiger partial charge < -0.3 is 5.11 Å². The van der Waals surface area contributed by atoms with Crippen molar-refractivity contribution < 1.29 is 18.7 Å². The Morgan fingerprint density at radius 2 is 2.38 bits per heavy atom. The second kappa shape index (κ2) is 5.64. The summed E-state index contributed by atoms with van der Waals surface area (Å²) in [6.07, 6.45) is 0.529. The lowest BCUT2D eigenvalue weighted by Gasteiger charge is -2.01. The number of halogens is 2. The molecule has 1 rings (SSSR count). The summed E-state index contributed by atoms with van der Waals surface area (Å²) in [4.78, 5) is 10.8. The summed E-state index contributed by atoms with van der Waals surface area (Å²) in [6.45, 7) is 0. The van der Waals surface area contributed by atoms with E-state index in [-0.39, 0.29) is 12.0 Å². The smallest absolute Gasteiger partial charge is 0.340 e. The highest BCUT2D eigenvalue weighted by Crippen LogP contribution is 2.23. The average Bonchev–Trinajstić information content (AvgIpc) is 2.54. The van der Waals surface area contributed by atoms with Crippen LogP contribution in [-0.2, 0) is 7.05 Å². The third kappa shape index (κ3) is 3.34. The predicted molar refractivity (Wildman–Crippen MR) is 55.8 cm³/mol. The third-order valence-corrected chi connectivity index (χ3v) is 2.97. The molecule has 1 aromatic heterocycles. The van der Waals surface area contributed by atoms with Gasteiger partial charge in [-0.1, -0.05) is 0 Å². The Morgan fingerprint density at radius 1 is 1.69 bits per heavy atom. The molecule has 0 fully saturated rings. The van der Waals surface area contributed by atoms with Crippen molar-refractivity contribution in [1.29, 1.82) is 0 Å². The van der Waals surface area contributed by atoms with E-state index in [1.807, 2.05) is 0 Å². The summed E-state index contributed by atoms with van der Waals surface area (Å²) in [5.41, 5.74) is 0.0946. The highest BCUT2D eigenvalue weighted by atomic mass is 32.2. The number of carbonyl (C=O) groups is 1. The number of aromatic carboxylic acids is 1. The van der Waals surface area contributed by atoms with Crippen molar-refractivity contribution in [2.24, 2.45) is 7.05 Å². The van der Waals surface area contributed by atoms with Crippen LogP contribution in [0, 0.1) is 0 Å². The Hall–Kier alpha value is -1.37. The molecule has 0 amide bonds. The van der Waals surface area contributed by atoms with E-state index in [1.165, 1.54) is 22.6 Å². The maximum Gasteiger partial charge on any atom is 0.340 e. The standard InChI is InChI=1S/C9H10F2N2O2S/c1-13-8(6(5-12-13)9(14)15)16-4-2-3-7(10)11/h3,5H,2,4H2,1H3,(H,14,15). The average molecular weight is 248 g/mol. The summed E-state index contributed by atoms with van der Waals surface area (Å²) < 4.78 is 24.9. The zero-order chi connectivity index (χ0) is 12.1. The number of allylic oxidation sites excluding steroid dienone is 1. The van der Waals surface area contributed by atoms with Gasteiger partial charge in [-0.2, -0.15) is 13.9 Å². The second-order valence-corrected chi connectivity index (χ2v) is 4.01. The van der Waals surface area contributed by atoms with Crippen LogP contribution in [0.1, 0.15) is 16.8 Å². The monoisotopic (exact) mass is 248 g/mol. The molecular weight excluding hydrogens is 238 g/mol. The van der Waals surface area contributed by atoms with Gasteiger partial charge in [0.15, 0.2) is 0 Å². The lowest BCUT2D eigenvalue weighted by atomic mass is 10.4. The Labute approximate surface area is 94.9 Å². The van der Waals surface area contributed by atoms with Gasteiger partial charge in [-0.25, -0.2) is 4.79 Å². The molecule has 7 heteroatoms. The molecule has 4 nitrogen and oxygen atoms in total. The summed E-state index contributed by atoms with van der Waals surface area (Å²) in [5, 5.41) is 13.1. The van der Waals surface area contributed by atoms with Crippen LogP contribution in [0.2, 0.25) is 0 Å². The van der Waals surface area contributed by atoms with Crippen LogP contribution in [0.3, 0.4) is 0 Å². The molecule has 0 saturated heterocycles. The fourth-order valence-electron chi connectivity index (χ4n) is 1.07. The van der Waals surface area contributed by atoms with Crippen molar-refractivity contribution >= 4 is 17.7 Å². The Balaban J connectivity index is 2.63. The van der Waals surface area contributed by atoms with E-state index >= 15 is 0 Å². The zero-order valence-electron chi connectivity index (χ0n) is 8.48. The van der Waals surface area contributed by atoms with E-state index in [2.05, 4.69) is 5.10 Å². The van der Waals surface area contributed by atoms with Crippen LogP contribution >= 0.6 is 11.8 Å². The molecule has 0 aromatic carbocycles. The molecule has 0 aliphatic carbocycles. The topological polar surface area (TPSA) is 55.1 Å². The first-order valence-corrected chi connectivity index (χ1v) is 5.40. The van der Waals surface area contributed by atoms with E-state index in [1.54, 1.807) is 7.05 Å². The molecule has 1 aromatic rings. The summed E-state index contributed by atoms with van der Waals surface area (Å²) in [6, 6.07) is 0. The van der Waals surface area contributed by atoms with Crippen molar-refractivity contribution in [2.45, 2.75) is 11.4 Å². The minimum Gasteiger partial charge on any atom is -0.478 e. The van der Waals surface area contributed by atoms with Gasteiger partial charge in [0, 0.05) is 12.8 Å². The van der Waals surface area contributed by atoms with E-state index in [0.29, 0.717) is 10.8 Å². The van der Waals surface area contributed by atoms with Gasteiger partial charge in [-0.15, -0.1) is 11.8 Å². The maximum atomic E-state index is 11.7. The van der Waals surface area contributed by atoms with Gasteiger partial charge >= 0.3 is 5.97 Å². The lowest BCUT2D eigenvalue weighted by molar-refractivity contribution is 0.0692. The molecule has 0 spiro atoms. The number of thioether (sulfide) groups is 1. The molecule has 0 aliphatic heterocycles. The number of aromatic nitrogens is 2. The Kier molecular flexibility index (Phi) is 4.48. The molecule has 16 heavy (non-hydrogen) atoms. The summed E-state index contributed by atoms with van der Waals surface area (Å²) >= 11 is 1.19. The number of carboxylic acid groups (broad SMARTS) is 1. The van der Waals surface area contributed by atoms with Crippen LogP contribution in [0.15, 0.2) is 23.4 Å². The summed E-state index contributed by atoms with van der Waals surface area (Å²) in [7, 11) is 1.61. The number of rotatable bonds is 5. The van der Waals surface area contributed by atoms with Gasteiger partial charge in [-0.05, 0) is 12.5 Å². The molecule has 0 aliphatic rings. The molecule has 0 radical (unpaired) electrons. The van der Waals surface area contributed by atoms with Crippen molar-refractivity contribution in [3.05, 3.63) is 23.9 Å². The molecule has 1 N–H and O–H groups in total. The van der Waals surface area contributed by atoms with Crippen molar-refractivity contribution in [1.82, 2.24) is 9.78 Å². The normalized spacial score (nSPS) is 10.2. The highest BCUT2D eigenvalue weighted by Gasteiger charge is 2.14. The Bertz CT molecular complexity index is 414. The first kappa shape index (κ1) is 12.7. The van der Waals surface area contributed by atoms with E-state index in [0.717, 1.165) is 6.08 Å². The van der Waals surface area contributed by atoms with E-state index in [9.17, 15) is 13.6 Å². The third-order valence-electron chi connectivity index (χ3n) is 1.77. The summed E-state index contributed by atoms with van der Waals surface area (Å²) in [5.74, 6) is -0.681.